The van der Waals surface area contributed by atoms with Crippen LogP contribution in [0.4, 0.5) is 0 Å². The molecule has 0 bridgehead atoms. The lowest BCUT2D eigenvalue weighted by Gasteiger charge is -2.23. The SMILES string of the molecule is CCN(CCC(=O)OC)CC1CCCN1. The second kappa shape index (κ2) is 6.80. The summed E-state index contributed by atoms with van der Waals surface area (Å²) >= 11 is 0. The molecule has 1 N–H and O–H groups in total. The molecule has 1 unspecified atom stereocenters. The van der Waals surface area contributed by atoms with Crippen LogP contribution in [0.5, 0.6) is 0 Å². The Morgan fingerprint density at radius 3 is 2.93 bits per heavy atom. The van der Waals surface area contributed by atoms with Gasteiger partial charge in [-0.3, -0.25) is 4.79 Å². The van der Waals surface area contributed by atoms with E-state index in [4.69, 9.17) is 0 Å². The molecule has 15 heavy (non-hydrogen) atoms. The number of methoxy groups -OCH3 is 1. The van der Waals surface area contributed by atoms with Crippen molar-refractivity contribution in [3.8, 4) is 0 Å². The first kappa shape index (κ1) is 12.5. The zero-order valence-corrected chi connectivity index (χ0v) is 9.79. The highest BCUT2D eigenvalue weighted by Crippen LogP contribution is 2.07. The molecule has 1 heterocycles. The minimum atomic E-state index is -0.118. The van der Waals surface area contributed by atoms with Gasteiger partial charge in [-0.25, -0.2) is 0 Å². The molecule has 0 aromatic heterocycles. The van der Waals surface area contributed by atoms with Crippen LogP contribution in [0.2, 0.25) is 0 Å². The maximum atomic E-state index is 11.0. The van der Waals surface area contributed by atoms with E-state index in [2.05, 4.69) is 21.9 Å². The number of likely N-dealkylation sites (N-methyl/N-ethyl adjacent to an activating group) is 1. The van der Waals surface area contributed by atoms with Gasteiger partial charge in [0.05, 0.1) is 13.5 Å². The van der Waals surface area contributed by atoms with E-state index < -0.39 is 0 Å². The van der Waals surface area contributed by atoms with Crippen molar-refractivity contribution in [2.75, 3.05) is 33.3 Å². The Labute approximate surface area is 92.0 Å². The van der Waals surface area contributed by atoms with Crippen molar-refractivity contribution in [1.82, 2.24) is 10.2 Å². The molecule has 0 saturated carbocycles. The Bertz CT molecular complexity index is 191. The maximum Gasteiger partial charge on any atom is 0.306 e. The van der Waals surface area contributed by atoms with Crippen molar-refractivity contribution in [3.05, 3.63) is 0 Å². The standard InChI is InChI=1S/C11H22N2O2/c1-3-13(8-6-11(14)15-2)9-10-5-4-7-12-10/h10,12H,3-9H2,1-2H3. The summed E-state index contributed by atoms with van der Waals surface area (Å²) in [5, 5.41) is 3.47. The molecule has 0 spiro atoms. The van der Waals surface area contributed by atoms with Crippen molar-refractivity contribution in [1.29, 1.82) is 0 Å². The molecular weight excluding hydrogens is 192 g/mol. The van der Waals surface area contributed by atoms with Gasteiger partial charge >= 0.3 is 5.97 Å². The molecule has 0 radical (unpaired) electrons. The highest BCUT2D eigenvalue weighted by atomic mass is 16.5. The van der Waals surface area contributed by atoms with Crippen molar-refractivity contribution < 1.29 is 9.53 Å². The Kier molecular flexibility index (Phi) is 5.65. The Morgan fingerprint density at radius 1 is 1.60 bits per heavy atom. The van der Waals surface area contributed by atoms with E-state index in [1.165, 1.54) is 20.0 Å². The van der Waals surface area contributed by atoms with E-state index in [0.29, 0.717) is 12.5 Å². The van der Waals surface area contributed by atoms with Crippen LogP contribution in [0.1, 0.15) is 26.2 Å². The number of hydrogen-bond donors (Lipinski definition) is 1. The summed E-state index contributed by atoms with van der Waals surface area (Å²) in [6.07, 6.45) is 3.03. The normalized spacial score (nSPS) is 20.9. The van der Waals surface area contributed by atoms with Gasteiger partial charge in [-0.05, 0) is 25.9 Å². The van der Waals surface area contributed by atoms with Crippen molar-refractivity contribution in [3.63, 3.8) is 0 Å². The summed E-state index contributed by atoms with van der Waals surface area (Å²) in [5.74, 6) is -0.118. The molecule has 4 nitrogen and oxygen atoms in total. The Morgan fingerprint density at radius 2 is 2.40 bits per heavy atom. The summed E-state index contributed by atoms with van der Waals surface area (Å²) in [6, 6.07) is 0.614. The summed E-state index contributed by atoms with van der Waals surface area (Å²) < 4.78 is 4.63. The number of ether oxygens (including phenoxy) is 1. The van der Waals surface area contributed by atoms with Crippen LogP contribution in [-0.2, 0) is 9.53 Å². The van der Waals surface area contributed by atoms with Crippen LogP contribution >= 0.6 is 0 Å². The first-order valence-electron chi connectivity index (χ1n) is 5.78. The quantitative estimate of drug-likeness (QED) is 0.658. The van der Waals surface area contributed by atoms with Crippen LogP contribution in [0.3, 0.4) is 0 Å². The van der Waals surface area contributed by atoms with E-state index in [-0.39, 0.29) is 5.97 Å². The molecule has 4 heteroatoms. The predicted octanol–water partition coefficient (Wildman–Crippen LogP) is 0.623. The third kappa shape index (κ3) is 4.62. The summed E-state index contributed by atoms with van der Waals surface area (Å²) in [4.78, 5) is 13.3. The van der Waals surface area contributed by atoms with Gasteiger partial charge in [0, 0.05) is 19.1 Å². The molecule has 88 valence electrons. The van der Waals surface area contributed by atoms with Gasteiger partial charge in [-0.2, -0.15) is 0 Å². The second-order valence-electron chi connectivity index (χ2n) is 4.01. The van der Waals surface area contributed by atoms with E-state index in [1.807, 2.05) is 0 Å². The van der Waals surface area contributed by atoms with Gasteiger partial charge in [0.2, 0.25) is 0 Å². The van der Waals surface area contributed by atoms with Crippen LogP contribution in [0.25, 0.3) is 0 Å². The lowest BCUT2D eigenvalue weighted by molar-refractivity contribution is -0.141. The molecule has 0 aromatic rings. The van der Waals surface area contributed by atoms with E-state index in [9.17, 15) is 4.79 Å². The third-order valence-electron chi connectivity index (χ3n) is 2.95. The van der Waals surface area contributed by atoms with Gasteiger partial charge in [0.25, 0.3) is 0 Å². The highest BCUT2D eigenvalue weighted by Gasteiger charge is 2.17. The molecule has 0 amide bonds. The number of nitrogens with one attached hydrogen (secondary N) is 1. The number of carbonyl (C=O) groups excluding carboxylic acids is 1. The fraction of sp³-hybridized carbons (Fsp3) is 0.909. The van der Waals surface area contributed by atoms with Crippen LogP contribution < -0.4 is 5.32 Å². The van der Waals surface area contributed by atoms with Crippen molar-refractivity contribution in [2.24, 2.45) is 0 Å². The maximum absolute atomic E-state index is 11.0. The number of carbonyl (C=O) groups is 1. The Balaban J connectivity index is 2.19. The molecular formula is C11H22N2O2. The average Bonchev–Trinajstić information content (AvgIpc) is 2.76. The van der Waals surface area contributed by atoms with Crippen molar-refractivity contribution in [2.45, 2.75) is 32.2 Å². The van der Waals surface area contributed by atoms with Crippen LogP contribution in [0, 0.1) is 0 Å². The fourth-order valence-corrected chi connectivity index (χ4v) is 1.95. The number of hydrogen-bond acceptors (Lipinski definition) is 4. The monoisotopic (exact) mass is 214 g/mol. The molecule has 1 fully saturated rings. The van der Waals surface area contributed by atoms with Crippen LogP contribution in [-0.4, -0.2) is 50.2 Å². The minimum Gasteiger partial charge on any atom is -0.469 e. The molecule has 1 atom stereocenters. The smallest absolute Gasteiger partial charge is 0.306 e. The minimum absolute atomic E-state index is 0.118. The lowest BCUT2D eigenvalue weighted by atomic mass is 10.2. The van der Waals surface area contributed by atoms with Gasteiger partial charge in [0.1, 0.15) is 0 Å². The zero-order chi connectivity index (χ0) is 11.1. The average molecular weight is 214 g/mol. The first-order chi connectivity index (χ1) is 7.26. The van der Waals surface area contributed by atoms with Crippen LogP contribution in [0.15, 0.2) is 0 Å². The van der Waals surface area contributed by atoms with E-state index >= 15 is 0 Å². The fourth-order valence-electron chi connectivity index (χ4n) is 1.95. The molecule has 1 saturated heterocycles. The second-order valence-corrected chi connectivity index (χ2v) is 4.01. The van der Waals surface area contributed by atoms with E-state index in [1.54, 1.807) is 0 Å². The molecule has 0 aliphatic carbocycles. The third-order valence-corrected chi connectivity index (χ3v) is 2.95. The van der Waals surface area contributed by atoms with Gasteiger partial charge in [-0.1, -0.05) is 6.92 Å². The zero-order valence-electron chi connectivity index (χ0n) is 9.79. The molecule has 1 aliphatic heterocycles. The largest absolute Gasteiger partial charge is 0.469 e. The number of rotatable bonds is 6. The summed E-state index contributed by atoms with van der Waals surface area (Å²) in [7, 11) is 1.44. The topological polar surface area (TPSA) is 41.6 Å². The van der Waals surface area contributed by atoms with Crippen molar-refractivity contribution >= 4 is 5.97 Å². The summed E-state index contributed by atoms with van der Waals surface area (Å²) in [6.45, 7) is 6.12. The molecule has 0 aromatic carbocycles. The number of nitrogens with zero attached hydrogens (tertiary/aromatic N) is 1. The Hall–Kier alpha value is -0.610. The highest BCUT2D eigenvalue weighted by molar-refractivity contribution is 5.69. The molecule has 1 rings (SSSR count). The summed E-state index contributed by atoms with van der Waals surface area (Å²) in [5.41, 5.74) is 0. The first-order valence-corrected chi connectivity index (χ1v) is 5.78. The molecule has 1 aliphatic rings. The lowest BCUT2D eigenvalue weighted by Crippen LogP contribution is -2.38. The predicted molar refractivity (Wildman–Crippen MR) is 59.8 cm³/mol. The van der Waals surface area contributed by atoms with Gasteiger partial charge in [0.15, 0.2) is 0 Å². The van der Waals surface area contributed by atoms with Gasteiger partial charge < -0.3 is 15.0 Å². The number of esters is 1. The van der Waals surface area contributed by atoms with E-state index in [0.717, 1.165) is 26.2 Å². The van der Waals surface area contributed by atoms with Gasteiger partial charge in [-0.15, -0.1) is 0 Å².